The van der Waals surface area contributed by atoms with E-state index in [-0.39, 0.29) is 6.54 Å². The molecule has 1 aromatic carbocycles. The number of ether oxygens (including phenoxy) is 1. The summed E-state index contributed by atoms with van der Waals surface area (Å²) in [5.74, 6) is 0.728. The fraction of sp³-hybridized carbons (Fsp3) is 0.375. The van der Waals surface area contributed by atoms with E-state index in [0.29, 0.717) is 13.0 Å². The molecular formula is C16H19F3N2O. The first-order valence-electron chi connectivity index (χ1n) is 6.97. The summed E-state index contributed by atoms with van der Waals surface area (Å²) in [7, 11) is 1.59. The number of benzene rings is 1. The standard InChI is InChI=1S/C16H19F3N2O/c1-3-7-21(11-16(17,18)19)8-6-12-10-20-15-5-4-13(22-2)9-14(12)15/h3-5,9-10,20H,1,6-8,11H2,2H3. The number of hydrogen-bond donors (Lipinski definition) is 1. The molecule has 2 rings (SSSR count). The highest BCUT2D eigenvalue weighted by molar-refractivity contribution is 5.84. The second-order valence-corrected chi connectivity index (χ2v) is 5.11. The molecule has 0 aliphatic heterocycles. The molecule has 0 fully saturated rings. The molecule has 0 radical (unpaired) electrons. The fourth-order valence-electron chi connectivity index (χ4n) is 2.44. The predicted molar refractivity (Wildman–Crippen MR) is 81.2 cm³/mol. The van der Waals surface area contributed by atoms with Gasteiger partial charge in [0.1, 0.15) is 5.75 Å². The molecule has 1 heterocycles. The minimum absolute atomic E-state index is 0.213. The van der Waals surface area contributed by atoms with Gasteiger partial charge in [-0.05, 0) is 30.2 Å². The van der Waals surface area contributed by atoms with Crippen LogP contribution < -0.4 is 4.74 Å². The zero-order chi connectivity index (χ0) is 16.2. The summed E-state index contributed by atoms with van der Waals surface area (Å²) in [6, 6.07) is 5.63. The lowest BCUT2D eigenvalue weighted by molar-refractivity contribution is -0.144. The van der Waals surface area contributed by atoms with Crippen molar-refractivity contribution in [3.8, 4) is 5.75 Å². The Morgan fingerprint density at radius 1 is 1.36 bits per heavy atom. The van der Waals surface area contributed by atoms with Crippen LogP contribution in [0.4, 0.5) is 13.2 Å². The van der Waals surface area contributed by atoms with Crippen LogP contribution in [0.2, 0.25) is 0 Å². The molecule has 0 unspecified atom stereocenters. The van der Waals surface area contributed by atoms with Crippen molar-refractivity contribution < 1.29 is 17.9 Å². The van der Waals surface area contributed by atoms with E-state index in [1.807, 2.05) is 24.4 Å². The zero-order valence-corrected chi connectivity index (χ0v) is 12.4. The average Bonchev–Trinajstić information content (AvgIpc) is 2.85. The van der Waals surface area contributed by atoms with Crippen molar-refractivity contribution in [3.63, 3.8) is 0 Å². The topological polar surface area (TPSA) is 28.3 Å². The van der Waals surface area contributed by atoms with E-state index in [1.54, 1.807) is 7.11 Å². The molecule has 0 aliphatic carbocycles. The van der Waals surface area contributed by atoms with Gasteiger partial charge in [0.15, 0.2) is 0 Å². The first-order valence-corrected chi connectivity index (χ1v) is 6.97. The molecule has 0 bridgehead atoms. The molecular weight excluding hydrogens is 293 g/mol. The highest BCUT2D eigenvalue weighted by Gasteiger charge is 2.30. The number of fused-ring (bicyclic) bond motifs is 1. The van der Waals surface area contributed by atoms with E-state index in [2.05, 4.69) is 11.6 Å². The zero-order valence-electron chi connectivity index (χ0n) is 12.4. The Hall–Kier alpha value is -1.95. The first kappa shape index (κ1) is 16.4. The summed E-state index contributed by atoms with van der Waals surface area (Å²) in [6.07, 6.45) is -0.350. The van der Waals surface area contributed by atoms with Gasteiger partial charge in [-0.3, -0.25) is 4.90 Å². The molecule has 0 amide bonds. The normalized spacial score (nSPS) is 12.0. The summed E-state index contributed by atoms with van der Waals surface area (Å²) in [6.45, 7) is 3.12. The van der Waals surface area contributed by atoms with Crippen LogP contribution in [0.1, 0.15) is 5.56 Å². The Kier molecular flexibility index (Phi) is 5.13. The minimum Gasteiger partial charge on any atom is -0.497 e. The lowest BCUT2D eigenvalue weighted by Gasteiger charge is -2.21. The van der Waals surface area contributed by atoms with Crippen LogP contribution in [0.15, 0.2) is 37.1 Å². The van der Waals surface area contributed by atoms with Gasteiger partial charge in [0.2, 0.25) is 0 Å². The van der Waals surface area contributed by atoms with Gasteiger partial charge in [0.05, 0.1) is 13.7 Å². The molecule has 0 saturated carbocycles. The number of H-pyrrole nitrogens is 1. The number of aromatic amines is 1. The molecule has 6 heteroatoms. The highest BCUT2D eigenvalue weighted by atomic mass is 19.4. The van der Waals surface area contributed by atoms with E-state index < -0.39 is 12.7 Å². The monoisotopic (exact) mass is 312 g/mol. The summed E-state index contributed by atoms with van der Waals surface area (Å²) in [5.41, 5.74) is 1.92. The molecule has 0 spiro atoms. The Bertz CT molecular complexity index is 634. The summed E-state index contributed by atoms with van der Waals surface area (Å²) < 4.78 is 42.8. The number of aromatic nitrogens is 1. The average molecular weight is 312 g/mol. The van der Waals surface area contributed by atoms with Gasteiger partial charge >= 0.3 is 6.18 Å². The van der Waals surface area contributed by atoms with E-state index in [0.717, 1.165) is 22.2 Å². The molecule has 1 N–H and O–H groups in total. The number of alkyl halides is 3. The molecule has 2 aromatic rings. The largest absolute Gasteiger partial charge is 0.497 e. The van der Waals surface area contributed by atoms with Gasteiger partial charge < -0.3 is 9.72 Å². The number of hydrogen-bond acceptors (Lipinski definition) is 2. The SMILES string of the molecule is C=CCN(CCc1c[nH]c2ccc(OC)cc12)CC(F)(F)F. The molecule has 120 valence electrons. The Morgan fingerprint density at radius 3 is 2.77 bits per heavy atom. The van der Waals surface area contributed by atoms with Crippen LogP contribution in [0.5, 0.6) is 5.75 Å². The number of nitrogens with zero attached hydrogens (tertiary/aromatic N) is 1. The van der Waals surface area contributed by atoms with Crippen molar-refractivity contribution in [3.05, 3.63) is 42.6 Å². The molecule has 3 nitrogen and oxygen atoms in total. The van der Waals surface area contributed by atoms with Crippen LogP contribution >= 0.6 is 0 Å². The first-order chi connectivity index (χ1) is 10.4. The minimum atomic E-state index is -4.20. The predicted octanol–water partition coefficient (Wildman–Crippen LogP) is 3.77. The van der Waals surface area contributed by atoms with Gasteiger partial charge in [-0.2, -0.15) is 13.2 Å². The number of halogens is 3. The van der Waals surface area contributed by atoms with E-state index in [4.69, 9.17) is 4.74 Å². The third kappa shape index (κ3) is 4.27. The molecule has 1 aromatic heterocycles. The van der Waals surface area contributed by atoms with Crippen molar-refractivity contribution in [1.82, 2.24) is 9.88 Å². The third-order valence-electron chi connectivity index (χ3n) is 3.46. The lowest BCUT2D eigenvalue weighted by atomic mass is 10.1. The summed E-state index contributed by atoms with van der Waals surface area (Å²) in [5, 5.41) is 0.977. The van der Waals surface area contributed by atoms with Crippen molar-refractivity contribution in [1.29, 1.82) is 0 Å². The smallest absolute Gasteiger partial charge is 0.401 e. The third-order valence-corrected chi connectivity index (χ3v) is 3.46. The summed E-state index contributed by atoms with van der Waals surface area (Å²) >= 11 is 0. The van der Waals surface area contributed by atoms with Crippen LogP contribution in [-0.4, -0.2) is 42.8 Å². The molecule has 0 aliphatic rings. The van der Waals surface area contributed by atoms with Gasteiger partial charge in [-0.25, -0.2) is 0 Å². The molecule has 22 heavy (non-hydrogen) atoms. The van der Waals surface area contributed by atoms with Gasteiger partial charge in [0.25, 0.3) is 0 Å². The Balaban J connectivity index is 2.10. The Labute approximate surface area is 127 Å². The molecule has 0 saturated heterocycles. The fourth-order valence-corrected chi connectivity index (χ4v) is 2.44. The van der Waals surface area contributed by atoms with Crippen LogP contribution in [0, 0.1) is 0 Å². The van der Waals surface area contributed by atoms with E-state index in [1.165, 1.54) is 11.0 Å². The van der Waals surface area contributed by atoms with Crippen molar-refractivity contribution in [2.45, 2.75) is 12.6 Å². The number of nitrogens with one attached hydrogen (secondary N) is 1. The highest BCUT2D eigenvalue weighted by Crippen LogP contribution is 2.24. The second-order valence-electron chi connectivity index (χ2n) is 5.11. The molecule has 0 atom stereocenters. The maximum absolute atomic E-state index is 12.5. The lowest BCUT2D eigenvalue weighted by Crippen LogP contribution is -2.35. The van der Waals surface area contributed by atoms with Crippen molar-refractivity contribution in [2.24, 2.45) is 0 Å². The maximum Gasteiger partial charge on any atom is 0.401 e. The number of methoxy groups -OCH3 is 1. The van der Waals surface area contributed by atoms with Gasteiger partial charge in [-0.15, -0.1) is 6.58 Å². The van der Waals surface area contributed by atoms with Gasteiger partial charge in [-0.1, -0.05) is 6.08 Å². The van der Waals surface area contributed by atoms with Crippen molar-refractivity contribution >= 4 is 10.9 Å². The Morgan fingerprint density at radius 2 is 2.14 bits per heavy atom. The van der Waals surface area contributed by atoms with E-state index in [9.17, 15) is 13.2 Å². The maximum atomic E-state index is 12.5. The van der Waals surface area contributed by atoms with Gasteiger partial charge in [0, 0.05) is 30.2 Å². The van der Waals surface area contributed by atoms with Crippen LogP contribution in [-0.2, 0) is 6.42 Å². The van der Waals surface area contributed by atoms with E-state index >= 15 is 0 Å². The van der Waals surface area contributed by atoms with Crippen molar-refractivity contribution in [2.75, 3.05) is 26.7 Å². The van der Waals surface area contributed by atoms with Crippen LogP contribution in [0.3, 0.4) is 0 Å². The number of rotatable bonds is 7. The van der Waals surface area contributed by atoms with Crippen LogP contribution in [0.25, 0.3) is 10.9 Å². The second kappa shape index (κ2) is 6.87. The summed E-state index contributed by atoms with van der Waals surface area (Å²) in [4.78, 5) is 4.47. The quantitative estimate of drug-likeness (QED) is 0.788.